The van der Waals surface area contributed by atoms with Crippen LogP contribution in [0.2, 0.25) is 5.02 Å². The van der Waals surface area contributed by atoms with Crippen molar-refractivity contribution in [2.45, 2.75) is 6.42 Å². The zero-order valence-corrected chi connectivity index (χ0v) is 12.3. The molecule has 3 rings (SSSR count). The first kappa shape index (κ1) is 14.5. The first-order chi connectivity index (χ1) is 10.5. The Bertz CT molecular complexity index is 868. The zero-order valence-electron chi connectivity index (χ0n) is 11.6. The smallest absolute Gasteiger partial charge is 0.250 e. The average molecular weight is 320 g/mol. The number of rotatable bonds is 3. The molecule has 0 atom stereocenters. The largest absolute Gasteiger partial charge is 0.339 e. The molecule has 112 valence electrons. The molecule has 0 bridgehead atoms. The second kappa shape index (κ2) is 5.73. The van der Waals surface area contributed by atoms with Crippen LogP contribution in [0.5, 0.6) is 0 Å². The highest BCUT2D eigenvalue weighted by Crippen LogP contribution is 2.22. The molecule has 0 fully saturated rings. The van der Waals surface area contributed by atoms with E-state index in [9.17, 15) is 9.18 Å². The third kappa shape index (κ3) is 2.78. The Balaban J connectivity index is 1.91. The van der Waals surface area contributed by atoms with Gasteiger partial charge in [-0.05, 0) is 18.2 Å². The Morgan fingerprint density at radius 3 is 2.86 bits per heavy atom. The van der Waals surface area contributed by atoms with Crippen LogP contribution in [0.1, 0.15) is 11.5 Å². The van der Waals surface area contributed by atoms with E-state index in [1.165, 1.54) is 22.8 Å². The zero-order chi connectivity index (χ0) is 15.7. The van der Waals surface area contributed by atoms with Gasteiger partial charge >= 0.3 is 0 Å². The summed E-state index contributed by atoms with van der Waals surface area (Å²) in [5.74, 6) is 0.156. The fourth-order valence-electron chi connectivity index (χ4n) is 2.02. The molecule has 0 radical (unpaired) electrons. The van der Waals surface area contributed by atoms with Crippen LogP contribution in [0, 0.1) is 5.82 Å². The molecule has 2 aromatic heterocycles. The number of nitrogens with zero attached hydrogens (tertiary/aromatic N) is 3. The number of aryl methyl sites for hydroxylation is 1. The normalized spacial score (nSPS) is 10.9. The van der Waals surface area contributed by atoms with Gasteiger partial charge in [0.05, 0.1) is 6.42 Å². The van der Waals surface area contributed by atoms with Crippen molar-refractivity contribution in [3.05, 3.63) is 69.2 Å². The van der Waals surface area contributed by atoms with Gasteiger partial charge in [-0.25, -0.2) is 4.39 Å². The summed E-state index contributed by atoms with van der Waals surface area (Å²) in [6.45, 7) is 0. The number of hydrogen-bond acceptors (Lipinski definition) is 4. The highest BCUT2D eigenvalue weighted by Gasteiger charge is 2.14. The van der Waals surface area contributed by atoms with Crippen molar-refractivity contribution < 1.29 is 8.91 Å². The lowest BCUT2D eigenvalue weighted by Crippen LogP contribution is -2.14. The van der Waals surface area contributed by atoms with Crippen LogP contribution in [0.25, 0.3) is 11.4 Å². The number of benzene rings is 1. The van der Waals surface area contributed by atoms with Gasteiger partial charge in [-0.15, -0.1) is 0 Å². The molecular weight excluding hydrogens is 309 g/mol. The minimum absolute atomic E-state index is 0.101. The SMILES string of the molecule is Cn1cc(-c2noc(Cc3c(F)cccc3Cl)n2)ccc1=O. The topological polar surface area (TPSA) is 60.9 Å². The summed E-state index contributed by atoms with van der Waals surface area (Å²) in [6, 6.07) is 7.48. The average Bonchev–Trinajstić information content (AvgIpc) is 2.95. The van der Waals surface area contributed by atoms with Gasteiger partial charge in [-0.3, -0.25) is 4.79 Å². The van der Waals surface area contributed by atoms with Gasteiger partial charge in [-0.2, -0.15) is 4.98 Å². The summed E-state index contributed by atoms with van der Waals surface area (Å²) in [5.41, 5.74) is 0.808. The molecular formula is C15H11ClFN3O2. The van der Waals surface area contributed by atoms with E-state index in [0.29, 0.717) is 22.0 Å². The fraction of sp³-hybridized carbons (Fsp3) is 0.133. The maximum absolute atomic E-state index is 13.8. The van der Waals surface area contributed by atoms with Gasteiger partial charge in [0.1, 0.15) is 5.82 Å². The van der Waals surface area contributed by atoms with Crippen LogP contribution >= 0.6 is 11.6 Å². The van der Waals surface area contributed by atoms with E-state index in [1.54, 1.807) is 25.4 Å². The lowest BCUT2D eigenvalue weighted by atomic mass is 10.1. The number of hydrogen-bond donors (Lipinski definition) is 0. The van der Waals surface area contributed by atoms with Gasteiger partial charge in [0.2, 0.25) is 17.3 Å². The molecule has 0 N–H and O–H groups in total. The molecule has 5 nitrogen and oxygen atoms in total. The Morgan fingerprint density at radius 1 is 1.32 bits per heavy atom. The van der Waals surface area contributed by atoms with Gasteiger partial charge in [-0.1, -0.05) is 22.8 Å². The van der Waals surface area contributed by atoms with Crippen molar-refractivity contribution in [3.63, 3.8) is 0 Å². The molecule has 0 unspecified atom stereocenters. The van der Waals surface area contributed by atoms with Crippen molar-refractivity contribution in [2.24, 2.45) is 7.05 Å². The minimum Gasteiger partial charge on any atom is -0.339 e. The van der Waals surface area contributed by atoms with Crippen LogP contribution in [0.3, 0.4) is 0 Å². The molecule has 3 aromatic rings. The van der Waals surface area contributed by atoms with E-state index in [2.05, 4.69) is 10.1 Å². The molecule has 0 aliphatic carbocycles. The maximum atomic E-state index is 13.8. The molecule has 0 saturated heterocycles. The van der Waals surface area contributed by atoms with E-state index in [4.69, 9.17) is 16.1 Å². The summed E-state index contributed by atoms with van der Waals surface area (Å²) < 4.78 is 20.3. The minimum atomic E-state index is -0.422. The quantitative estimate of drug-likeness (QED) is 0.745. The number of pyridine rings is 1. The monoisotopic (exact) mass is 319 g/mol. The highest BCUT2D eigenvalue weighted by atomic mass is 35.5. The van der Waals surface area contributed by atoms with E-state index in [-0.39, 0.29) is 17.9 Å². The van der Waals surface area contributed by atoms with Gasteiger partial charge in [0.15, 0.2) is 0 Å². The Hall–Kier alpha value is -2.47. The van der Waals surface area contributed by atoms with Crippen molar-refractivity contribution in [2.75, 3.05) is 0 Å². The predicted molar refractivity (Wildman–Crippen MR) is 79.2 cm³/mol. The maximum Gasteiger partial charge on any atom is 0.250 e. The Labute approximate surface area is 130 Å². The number of halogens is 2. The summed E-state index contributed by atoms with van der Waals surface area (Å²) in [7, 11) is 1.63. The van der Waals surface area contributed by atoms with Gasteiger partial charge < -0.3 is 9.09 Å². The first-order valence-corrected chi connectivity index (χ1v) is 6.85. The summed E-state index contributed by atoms with van der Waals surface area (Å²) in [5, 5.41) is 4.15. The summed E-state index contributed by atoms with van der Waals surface area (Å²) >= 11 is 5.97. The van der Waals surface area contributed by atoms with Crippen molar-refractivity contribution >= 4 is 11.6 Å². The molecule has 0 amide bonds. The van der Waals surface area contributed by atoms with Crippen LogP contribution in [0.4, 0.5) is 4.39 Å². The fourth-order valence-corrected chi connectivity index (χ4v) is 2.25. The van der Waals surface area contributed by atoms with Crippen molar-refractivity contribution in [3.8, 4) is 11.4 Å². The predicted octanol–water partition coefficient (Wildman–Crippen LogP) is 2.82. The number of aromatic nitrogens is 3. The molecule has 0 aliphatic heterocycles. The second-order valence-electron chi connectivity index (χ2n) is 4.76. The molecule has 0 spiro atoms. The third-order valence-electron chi connectivity index (χ3n) is 3.20. The molecule has 0 aliphatic rings. The standard InChI is InChI=1S/C15H11ClFN3O2/c1-20-8-9(5-6-14(20)21)15-18-13(22-19-15)7-10-11(16)3-2-4-12(10)17/h2-6,8H,7H2,1H3. The van der Waals surface area contributed by atoms with Crippen LogP contribution in [0.15, 0.2) is 45.8 Å². The Kier molecular flexibility index (Phi) is 3.77. The summed E-state index contributed by atoms with van der Waals surface area (Å²) in [4.78, 5) is 15.6. The first-order valence-electron chi connectivity index (χ1n) is 6.47. The van der Waals surface area contributed by atoms with Crippen LogP contribution < -0.4 is 5.56 Å². The highest BCUT2D eigenvalue weighted by molar-refractivity contribution is 6.31. The molecule has 1 aromatic carbocycles. The lowest BCUT2D eigenvalue weighted by molar-refractivity contribution is 0.384. The van der Waals surface area contributed by atoms with Crippen molar-refractivity contribution in [1.29, 1.82) is 0 Å². The van der Waals surface area contributed by atoms with E-state index in [0.717, 1.165) is 0 Å². The molecule has 7 heteroatoms. The lowest BCUT2D eigenvalue weighted by Gasteiger charge is -2.01. The van der Waals surface area contributed by atoms with E-state index >= 15 is 0 Å². The second-order valence-corrected chi connectivity index (χ2v) is 5.16. The van der Waals surface area contributed by atoms with E-state index in [1.807, 2.05) is 0 Å². The summed E-state index contributed by atoms with van der Waals surface area (Å²) in [6.07, 6.45) is 1.71. The van der Waals surface area contributed by atoms with Crippen LogP contribution in [-0.4, -0.2) is 14.7 Å². The van der Waals surface area contributed by atoms with Gasteiger partial charge in [0.25, 0.3) is 0 Å². The third-order valence-corrected chi connectivity index (χ3v) is 3.56. The molecule has 22 heavy (non-hydrogen) atoms. The van der Waals surface area contributed by atoms with Crippen molar-refractivity contribution in [1.82, 2.24) is 14.7 Å². The molecule has 0 saturated carbocycles. The van der Waals surface area contributed by atoms with Crippen LogP contribution in [-0.2, 0) is 13.5 Å². The molecule has 2 heterocycles. The van der Waals surface area contributed by atoms with E-state index < -0.39 is 5.82 Å². The Morgan fingerprint density at radius 2 is 2.14 bits per heavy atom. The van der Waals surface area contributed by atoms with Gasteiger partial charge in [0, 0.05) is 35.5 Å².